The molecule has 25 heavy (non-hydrogen) atoms. The van der Waals surface area contributed by atoms with Gasteiger partial charge in [0.05, 0.1) is 24.5 Å². The van der Waals surface area contributed by atoms with E-state index < -0.39 is 29.3 Å². The highest BCUT2D eigenvalue weighted by molar-refractivity contribution is 6.15. The Morgan fingerprint density at radius 3 is 1.96 bits per heavy atom. The summed E-state index contributed by atoms with van der Waals surface area (Å²) >= 11 is 0. The number of allylic oxidation sites excluding steroid dienone is 1. The summed E-state index contributed by atoms with van der Waals surface area (Å²) in [6, 6.07) is 4.79. The molecule has 0 saturated heterocycles. The molecule has 0 unspecified atom stereocenters. The molecule has 0 radical (unpaired) electrons. The lowest BCUT2D eigenvalue weighted by Crippen LogP contribution is -2.23. The molecule has 8 heteroatoms. The van der Waals surface area contributed by atoms with Crippen molar-refractivity contribution in [1.29, 1.82) is 0 Å². The van der Waals surface area contributed by atoms with E-state index in [1.54, 1.807) is 20.8 Å². The Labute approximate surface area is 143 Å². The number of para-hydroxylation sites is 1. The van der Waals surface area contributed by atoms with Gasteiger partial charge in [-0.25, -0.2) is 9.59 Å². The molecule has 0 heterocycles. The van der Waals surface area contributed by atoms with Crippen LogP contribution in [0.1, 0.15) is 32.8 Å². The van der Waals surface area contributed by atoms with Crippen molar-refractivity contribution >= 4 is 17.6 Å². The van der Waals surface area contributed by atoms with Crippen molar-refractivity contribution < 1.29 is 32.2 Å². The number of carbonyl (C=O) groups excluding carboxylic acids is 2. The minimum absolute atomic E-state index is 0.00593. The largest absolute Gasteiger partial charge is 0.462 e. The van der Waals surface area contributed by atoms with Gasteiger partial charge in [-0.15, -0.1) is 0 Å². The first-order valence-corrected chi connectivity index (χ1v) is 7.76. The zero-order chi connectivity index (χ0) is 19.0. The smallest absolute Gasteiger partial charge is 0.418 e. The van der Waals surface area contributed by atoms with Gasteiger partial charge in [-0.2, -0.15) is 13.2 Å². The van der Waals surface area contributed by atoms with Gasteiger partial charge >= 0.3 is 18.1 Å². The summed E-state index contributed by atoms with van der Waals surface area (Å²) in [6.45, 7) is 4.73. The van der Waals surface area contributed by atoms with Crippen LogP contribution < -0.4 is 5.32 Å². The molecule has 1 rings (SSSR count). The minimum atomic E-state index is -4.59. The number of halogens is 3. The highest BCUT2D eigenvalue weighted by Crippen LogP contribution is 2.35. The summed E-state index contributed by atoms with van der Waals surface area (Å²) in [7, 11) is 0. The lowest BCUT2D eigenvalue weighted by Gasteiger charge is -2.18. The minimum Gasteiger partial charge on any atom is -0.462 e. The quantitative estimate of drug-likeness (QED) is 0.346. The van der Waals surface area contributed by atoms with Crippen LogP contribution in [0.3, 0.4) is 0 Å². The summed E-state index contributed by atoms with van der Waals surface area (Å²) in [5.74, 6) is -1.90. The van der Waals surface area contributed by atoms with Gasteiger partial charge in [0, 0.05) is 5.70 Å². The summed E-state index contributed by atoms with van der Waals surface area (Å²) in [5, 5.41) is 2.54. The van der Waals surface area contributed by atoms with Crippen LogP contribution in [0.5, 0.6) is 0 Å². The number of hydrogen-bond donors (Lipinski definition) is 1. The van der Waals surface area contributed by atoms with E-state index in [0.717, 1.165) is 6.07 Å². The average molecular weight is 359 g/mol. The Morgan fingerprint density at radius 2 is 1.52 bits per heavy atom. The molecule has 0 aliphatic carbocycles. The zero-order valence-corrected chi connectivity index (χ0v) is 14.2. The molecular weight excluding hydrogens is 339 g/mol. The first-order chi connectivity index (χ1) is 11.8. The number of rotatable bonds is 7. The molecule has 0 spiro atoms. The topological polar surface area (TPSA) is 64.6 Å². The standard InChI is InChI=1S/C17H20F3NO4/c1-4-12(14(15(22)24-5-2)16(23)25-6-3)21-13-10-8-7-9-11(13)17(18,19)20/h7-10,21H,4-6H2,1-3H3. The van der Waals surface area contributed by atoms with Gasteiger partial charge in [-0.05, 0) is 32.4 Å². The number of ether oxygens (including phenoxy) is 2. The zero-order valence-electron chi connectivity index (χ0n) is 14.2. The van der Waals surface area contributed by atoms with Gasteiger partial charge in [0.15, 0.2) is 5.57 Å². The van der Waals surface area contributed by atoms with E-state index in [4.69, 9.17) is 9.47 Å². The fourth-order valence-corrected chi connectivity index (χ4v) is 2.07. The molecular formula is C17H20F3NO4. The average Bonchev–Trinajstić information content (AvgIpc) is 2.54. The molecule has 0 fully saturated rings. The van der Waals surface area contributed by atoms with Crippen LogP contribution in [0.4, 0.5) is 18.9 Å². The van der Waals surface area contributed by atoms with Crippen molar-refractivity contribution in [3.05, 3.63) is 41.1 Å². The Balaban J connectivity index is 3.38. The number of esters is 2. The summed E-state index contributed by atoms with van der Waals surface area (Å²) in [4.78, 5) is 24.2. The molecule has 1 aromatic rings. The van der Waals surface area contributed by atoms with Crippen molar-refractivity contribution in [2.45, 2.75) is 33.4 Å². The third-order valence-electron chi connectivity index (χ3n) is 3.13. The van der Waals surface area contributed by atoms with Crippen LogP contribution >= 0.6 is 0 Å². The van der Waals surface area contributed by atoms with E-state index in [1.165, 1.54) is 18.2 Å². The van der Waals surface area contributed by atoms with Crippen LogP contribution in [-0.2, 0) is 25.2 Å². The van der Waals surface area contributed by atoms with Gasteiger partial charge in [0.25, 0.3) is 0 Å². The molecule has 138 valence electrons. The maximum Gasteiger partial charge on any atom is 0.418 e. The number of hydrogen-bond acceptors (Lipinski definition) is 5. The second-order valence-corrected chi connectivity index (χ2v) is 4.82. The number of anilines is 1. The lowest BCUT2D eigenvalue weighted by atomic mass is 10.1. The third-order valence-corrected chi connectivity index (χ3v) is 3.13. The fraction of sp³-hybridized carbons (Fsp3) is 0.412. The summed E-state index contributed by atoms with van der Waals surface area (Å²) in [5.41, 5.74) is -1.62. The van der Waals surface area contributed by atoms with Crippen LogP contribution in [0.15, 0.2) is 35.5 Å². The monoisotopic (exact) mass is 359 g/mol. The molecule has 0 saturated carbocycles. The Bertz CT molecular complexity index is 634. The van der Waals surface area contributed by atoms with Crippen LogP contribution in [-0.4, -0.2) is 25.2 Å². The van der Waals surface area contributed by atoms with E-state index in [0.29, 0.717) is 0 Å². The second kappa shape index (κ2) is 9.10. The van der Waals surface area contributed by atoms with Crippen molar-refractivity contribution in [3.63, 3.8) is 0 Å². The highest BCUT2D eigenvalue weighted by Gasteiger charge is 2.34. The molecule has 0 bridgehead atoms. The first-order valence-electron chi connectivity index (χ1n) is 7.76. The van der Waals surface area contributed by atoms with Gasteiger partial charge in [0.2, 0.25) is 0 Å². The van der Waals surface area contributed by atoms with Crippen molar-refractivity contribution in [3.8, 4) is 0 Å². The Kier molecular flexibility index (Phi) is 7.47. The summed E-state index contributed by atoms with van der Waals surface area (Å²) in [6.07, 6.45) is -4.49. The Morgan fingerprint density at radius 1 is 1.00 bits per heavy atom. The maximum absolute atomic E-state index is 13.1. The SMILES string of the molecule is CCOC(=O)C(C(=O)OCC)=C(CC)Nc1ccccc1C(F)(F)F. The highest BCUT2D eigenvalue weighted by atomic mass is 19.4. The van der Waals surface area contributed by atoms with Gasteiger partial charge in [-0.3, -0.25) is 0 Å². The molecule has 5 nitrogen and oxygen atoms in total. The van der Waals surface area contributed by atoms with E-state index in [-0.39, 0.29) is 31.0 Å². The molecule has 0 amide bonds. The van der Waals surface area contributed by atoms with Gasteiger partial charge in [0.1, 0.15) is 0 Å². The molecule has 0 aromatic heterocycles. The Hall–Kier alpha value is -2.51. The van der Waals surface area contributed by atoms with Crippen LogP contribution in [0, 0.1) is 0 Å². The van der Waals surface area contributed by atoms with Crippen molar-refractivity contribution in [2.24, 2.45) is 0 Å². The lowest BCUT2D eigenvalue weighted by molar-refractivity contribution is -0.146. The van der Waals surface area contributed by atoms with E-state index in [9.17, 15) is 22.8 Å². The predicted octanol–water partition coefficient (Wildman–Crippen LogP) is 3.91. The van der Waals surface area contributed by atoms with Gasteiger partial charge < -0.3 is 14.8 Å². The van der Waals surface area contributed by atoms with Crippen LogP contribution in [0.2, 0.25) is 0 Å². The van der Waals surface area contributed by atoms with Crippen LogP contribution in [0.25, 0.3) is 0 Å². The number of nitrogens with one attached hydrogen (secondary N) is 1. The van der Waals surface area contributed by atoms with E-state index in [2.05, 4.69) is 5.32 Å². The molecule has 0 aliphatic rings. The summed E-state index contributed by atoms with van der Waals surface area (Å²) < 4.78 is 49.0. The predicted molar refractivity (Wildman–Crippen MR) is 85.6 cm³/mol. The number of benzene rings is 1. The van der Waals surface area contributed by atoms with Crippen molar-refractivity contribution in [1.82, 2.24) is 0 Å². The van der Waals surface area contributed by atoms with Gasteiger partial charge in [-0.1, -0.05) is 19.1 Å². The molecule has 0 atom stereocenters. The first kappa shape index (κ1) is 20.5. The molecule has 1 aromatic carbocycles. The van der Waals surface area contributed by atoms with E-state index >= 15 is 0 Å². The molecule has 0 aliphatic heterocycles. The fourth-order valence-electron chi connectivity index (χ4n) is 2.07. The third kappa shape index (κ3) is 5.51. The maximum atomic E-state index is 13.1. The van der Waals surface area contributed by atoms with Crippen molar-refractivity contribution in [2.75, 3.05) is 18.5 Å². The number of alkyl halides is 3. The number of carbonyl (C=O) groups is 2. The molecule has 1 N–H and O–H groups in total. The van der Waals surface area contributed by atoms with E-state index in [1.807, 2.05) is 0 Å². The second-order valence-electron chi connectivity index (χ2n) is 4.82. The normalized spacial score (nSPS) is 10.8.